The molecular formula is C27H26F2N2. The van der Waals surface area contributed by atoms with Crippen LogP contribution in [0, 0.1) is 17.6 Å². The number of piperidine rings is 3. The number of halogens is 2. The molecule has 0 N–H and O–H groups in total. The number of nitrogens with zero attached hydrogens (tertiary/aromatic N) is 2. The smallest absolute Gasteiger partial charge is 0.134 e. The SMILES string of the molecule is Fc1cccc(F)c1C=N[C@@H]1C2CCN(CC2)[C@@H]1C(c1ccccc1)c1ccccc1. The van der Waals surface area contributed by atoms with Crippen LogP contribution >= 0.6 is 0 Å². The Bertz CT molecular complexity index is 984. The third-order valence-electron chi connectivity index (χ3n) is 6.86. The van der Waals surface area contributed by atoms with Gasteiger partial charge in [-0.2, -0.15) is 0 Å². The lowest BCUT2D eigenvalue weighted by atomic mass is 9.71. The molecule has 0 unspecified atom stereocenters. The molecule has 0 amide bonds. The van der Waals surface area contributed by atoms with E-state index in [2.05, 4.69) is 53.4 Å². The van der Waals surface area contributed by atoms with Gasteiger partial charge in [-0.1, -0.05) is 66.7 Å². The van der Waals surface area contributed by atoms with Crippen molar-refractivity contribution in [2.75, 3.05) is 13.1 Å². The fourth-order valence-corrected chi connectivity index (χ4v) is 5.37. The van der Waals surface area contributed by atoms with Crippen LogP contribution in [-0.2, 0) is 0 Å². The van der Waals surface area contributed by atoms with E-state index < -0.39 is 11.6 Å². The van der Waals surface area contributed by atoms with Gasteiger partial charge in [0.25, 0.3) is 0 Å². The van der Waals surface area contributed by atoms with Gasteiger partial charge in [0.15, 0.2) is 0 Å². The summed E-state index contributed by atoms with van der Waals surface area (Å²) in [5, 5.41) is 0. The lowest BCUT2D eigenvalue weighted by molar-refractivity contribution is 0.0215. The molecule has 4 heteroatoms. The summed E-state index contributed by atoms with van der Waals surface area (Å²) in [5.74, 6) is -0.553. The van der Waals surface area contributed by atoms with Crippen molar-refractivity contribution in [2.45, 2.75) is 30.8 Å². The first-order chi connectivity index (χ1) is 15.2. The molecule has 0 saturated carbocycles. The molecule has 3 aliphatic heterocycles. The van der Waals surface area contributed by atoms with E-state index in [1.807, 2.05) is 12.1 Å². The van der Waals surface area contributed by atoms with Gasteiger partial charge in [0, 0.05) is 18.2 Å². The summed E-state index contributed by atoms with van der Waals surface area (Å²) < 4.78 is 28.5. The second kappa shape index (κ2) is 8.72. The van der Waals surface area contributed by atoms with E-state index in [4.69, 9.17) is 4.99 Å². The zero-order valence-corrected chi connectivity index (χ0v) is 17.4. The standard InChI is InChI=1S/C27H26F2N2/c28-23-12-7-13-24(29)22(23)18-30-26-21-14-16-31(17-15-21)27(26)25(19-8-3-1-4-9-19)20-10-5-2-6-11-20/h1-13,18,21,25-27H,14-17H2/t26-,27-/m1/s1. The van der Waals surface area contributed by atoms with Crippen molar-refractivity contribution in [2.24, 2.45) is 10.9 Å². The zero-order valence-electron chi connectivity index (χ0n) is 17.4. The normalized spacial score (nSPS) is 25.4. The van der Waals surface area contributed by atoms with Crippen molar-refractivity contribution in [1.82, 2.24) is 4.90 Å². The average Bonchev–Trinajstić information content (AvgIpc) is 2.82. The topological polar surface area (TPSA) is 15.6 Å². The van der Waals surface area contributed by atoms with Crippen LogP contribution in [0.15, 0.2) is 83.9 Å². The maximum Gasteiger partial charge on any atom is 0.134 e. The van der Waals surface area contributed by atoms with Crippen molar-refractivity contribution in [3.05, 3.63) is 107 Å². The molecule has 31 heavy (non-hydrogen) atoms. The second-order valence-electron chi connectivity index (χ2n) is 8.57. The number of hydrogen-bond donors (Lipinski definition) is 0. The van der Waals surface area contributed by atoms with Gasteiger partial charge in [0.1, 0.15) is 11.6 Å². The minimum Gasteiger partial charge on any atom is -0.297 e. The third-order valence-corrected chi connectivity index (χ3v) is 6.86. The molecule has 3 heterocycles. The van der Waals surface area contributed by atoms with Gasteiger partial charge in [-0.05, 0) is 55.1 Å². The van der Waals surface area contributed by atoms with E-state index in [0.717, 1.165) is 25.9 Å². The molecule has 3 aliphatic rings. The van der Waals surface area contributed by atoms with Crippen LogP contribution in [0.5, 0.6) is 0 Å². The Balaban J connectivity index is 1.58. The quantitative estimate of drug-likeness (QED) is 0.489. The van der Waals surface area contributed by atoms with Gasteiger partial charge in [-0.15, -0.1) is 0 Å². The summed E-state index contributed by atoms with van der Waals surface area (Å²) in [6.45, 7) is 2.09. The number of rotatable bonds is 5. The van der Waals surface area contributed by atoms with E-state index >= 15 is 0 Å². The molecular weight excluding hydrogens is 390 g/mol. The van der Waals surface area contributed by atoms with E-state index in [1.165, 1.54) is 35.5 Å². The summed E-state index contributed by atoms with van der Waals surface area (Å²) in [6.07, 6.45) is 3.58. The molecule has 3 aromatic rings. The summed E-state index contributed by atoms with van der Waals surface area (Å²) in [6, 6.07) is 25.2. The molecule has 0 aromatic heterocycles. The maximum absolute atomic E-state index is 14.2. The van der Waals surface area contributed by atoms with Crippen LogP contribution in [0.3, 0.4) is 0 Å². The van der Waals surface area contributed by atoms with E-state index in [0.29, 0.717) is 5.92 Å². The lowest BCUT2D eigenvalue weighted by Gasteiger charge is -2.52. The van der Waals surface area contributed by atoms with Crippen molar-refractivity contribution in [3.63, 3.8) is 0 Å². The molecule has 3 aromatic carbocycles. The monoisotopic (exact) mass is 416 g/mol. The van der Waals surface area contributed by atoms with Gasteiger partial charge < -0.3 is 0 Å². The Morgan fingerprint density at radius 2 is 1.32 bits per heavy atom. The van der Waals surface area contributed by atoms with Gasteiger partial charge in [-0.25, -0.2) is 8.78 Å². The Labute approximate surface area is 182 Å². The van der Waals surface area contributed by atoms with Crippen LogP contribution < -0.4 is 0 Å². The predicted octanol–water partition coefficient (Wildman–Crippen LogP) is 5.68. The van der Waals surface area contributed by atoms with Crippen molar-refractivity contribution in [1.29, 1.82) is 0 Å². The summed E-state index contributed by atoms with van der Waals surface area (Å²) >= 11 is 0. The molecule has 6 rings (SSSR count). The van der Waals surface area contributed by atoms with Crippen LogP contribution in [0.25, 0.3) is 0 Å². The molecule has 2 bridgehead atoms. The Kier molecular flexibility index (Phi) is 5.65. The largest absolute Gasteiger partial charge is 0.297 e. The fraction of sp³-hybridized carbons (Fsp3) is 0.296. The molecule has 3 saturated heterocycles. The molecule has 158 valence electrons. The number of hydrogen-bond acceptors (Lipinski definition) is 2. The maximum atomic E-state index is 14.2. The first kappa shape index (κ1) is 20.1. The summed E-state index contributed by atoms with van der Waals surface area (Å²) in [7, 11) is 0. The number of aliphatic imine (C=N–C) groups is 1. The molecule has 2 nitrogen and oxygen atoms in total. The molecule has 0 spiro atoms. The second-order valence-corrected chi connectivity index (χ2v) is 8.57. The lowest BCUT2D eigenvalue weighted by Crippen LogP contribution is -2.59. The summed E-state index contributed by atoms with van der Waals surface area (Å²) in [5.41, 5.74) is 2.46. The van der Waals surface area contributed by atoms with E-state index in [-0.39, 0.29) is 23.6 Å². The first-order valence-corrected chi connectivity index (χ1v) is 11.0. The van der Waals surface area contributed by atoms with Gasteiger partial charge in [0.2, 0.25) is 0 Å². The molecule has 2 atom stereocenters. The Morgan fingerprint density at radius 3 is 1.87 bits per heavy atom. The third kappa shape index (κ3) is 3.92. The highest BCUT2D eigenvalue weighted by molar-refractivity contribution is 5.80. The average molecular weight is 417 g/mol. The summed E-state index contributed by atoms with van der Waals surface area (Å²) in [4.78, 5) is 7.40. The highest BCUT2D eigenvalue weighted by Gasteiger charge is 2.46. The highest BCUT2D eigenvalue weighted by Crippen LogP contribution is 2.43. The van der Waals surface area contributed by atoms with E-state index in [9.17, 15) is 8.78 Å². The number of fused-ring (bicyclic) bond motifs is 3. The van der Waals surface area contributed by atoms with Crippen LogP contribution in [0.4, 0.5) is 8.78 Å². The van der Waals surface area contributed by atoms with Crippen molar-refractivity contribution < 1.29 is 8.78 Å². The fourth-order valence-electron chi connectivity index (χ4n) is 5.37. The first-order valence-electron chi connectivity index (χ1n) is 11.0. The minimum absolute atomic E-state index is 0.00748. The predicted molar refractivity (Wildman–Crippen MR) is 121 cm³/mol. The van der Waals surface area contributed by atoms with Crippen molar-refractivity contribution >= 4 is 6.21 Å². The molecule has 0 radical (unpaired) electrons. The van der Waals surface area contributed by atoms with Crippen LogP contribution in [-0.4, -0.2) is 36.3 Å². The highest BCUT2D eigenvalue weighted by atomic mass is 19.1. The Morgan fingerprint density at radius 1 is 0.774 bits per heavy atom. The van der Waals surface area contributed by atoms with Crippen LogP contribution in [0.1, 0.15) is 35.4 Å². The van der Waals surface area contributed by atoms with E-state index in [1.54, 1.807) is 0 Å². The van der Waals surface area contributed by atoms with Gasteiger partial charge >= 0.3 is 0 Å². The van der Waals surface area contributed by atoms with Gasteiger partial charge in [-0.3, -0.25) is 9.89 Å². The molecule has 3 fully saturated rings. The van der Waals surface area contributed by atoms with Gasteiger partial charge in [0.05, 0.1) is 11.6 Å². The Hall–Kier alpha value is -2.85. The molecule has 0 aliphatic carbocycles. The van der Waals surface area contributed by atoms with Crippen molar-refractivity contribution in [3.8, 4) is 0 Å². The zero-order chi connectivity index (χ0) is 21.2. The minimum atomic E-state index is -0.566. The van der Waals surface area contributed by atoms with Crippen LogP contribution in [0.2, 0.25) is 0 Å². The number of benzene rings is 3.